The Morgan fingerprint density at radius 3 is 2.79 bits per heavy atom. The van der Waals surface area contributed by atoms with E-state index in [9.17, 15) is 5.11 Å². The molecule has 1 rings (SSSR count). The van der Waals surface area contributed by atoms with Gasteiger partial charge >= 0.3 is 0 Å². The normalized spacial score (nSPS) is 12.9. The zero-order chi connectivity index (χ0) is 10.6. The lowest BCUT2D eigenvalue weighted by atomic mass is 10.2. The van der Waals surface area contributed by atoms with Crippen LogP contribution < -0.4 is 5.73 Å². The second-order valence-corrected chi connectivity index (χ2v) is 3.36. The van der Waals surface area contributed by atoms with E-state index < -0.39 is 6.10 Å². The molecule has 0 amide bonds. The molecule has 14 heavy (non-hydrogen) atoms. The summed E-state index contributed by atoms with van der Waals surface area (Å²) in [4.78, 5) is 8.40. The van der Waals surface area contributed by atoms with Crippen LogP contribution in [0.5, 0.6) is 0 Å². The van der Waals surface area contributed by atoms with E-state index in [1.165, 1.54) is 0 Å². The van der Waals surface area contributed by atoms with E-state index in [-0.39, 0.29) is 6.54 Å². The fourth-order valence-electron chi connectivity index (χ4n) is 1.30. The Labute approximate surface area is 84.2 Å². The zero-order valence-corrected chi connectivity index (χ0v) is 8.70. The topological polar surface area (TPSA) is 72.0 Å². The highest BCUT2D eigenvalue weighted by atomic mass is 16.3. The van der Waals surface area contributed by atoms with Gasteiger partial charge in [-0.15, -0.1) is 0 Å². The van der Waals surface area contributed by atoms with Crippen LogP contribution in [0.3, 0.4) is 0 Å². The van der Waals surface area contributed by atoms with Crippen LogP contribution >= 0.6 is 0 Å². The van der Waals surface area contributed by atoms with E-state index in [4.69, 9.17) is 5.73 Å². The van der Waals surface area contributed by atoms with Crippen molar-refractivity contribution in [2.24, 2.45) is 5.73 Å². The van der Waals surface area contributed by atoms with Crippen molar-refractivity contribution in [3.05, 3.63) is 23.3 Å². The Kier molecular flexibility index (Phi) is 3.98. The molecule has 0 aromatic carbocycles. The van der Waals surface area contributed by atoms with Crippen LogP contribution in [0, 0.1) is 6.92 Å². The molecule has 0 aliphatic heterocycles. The number of aryl methyl sites for hydroxylation is 2. The lowest BCUT2D eigenvalue weighted by Gasteiger charge is -2.08. The minimum absolute atomic E-state index is 0.162. The first-order valence-electron chi connectivity index (χ1n) is 4.90. The van der Waals surface area contributed by atoms with Crippen LogP contribution in [0.15, 0.2) is 6.07 Å². The van der Waals surface area contributed by atoms with Crippen molar-refractivity contribution in [2.45, 2.75) is 32.8 Å². The molecular formula is C10H17N3O. The Bertz CT molecular complexity index is 301. The molecule has 1 heterocycles. The second-order valence-electron chi connectivity index (χ2n) is 3.36. The van der Waals surface area contributed by atoms with Gasteiger partial charge in [-0.25, -0.2) is 9.97 Å². The lowest BCUT2D eigenvalue weighted by molar-refractivity contribution is 0.176. The number of nitrogens with two attached hydrogens (primary N) is 1. The van der Waals surface area contributed by atoms with E-state index in [0.717, 1.165) is 24.2 Å². The molecule has 0 radical (unpaired) electrons. The van der Waals surface area contributed by atoms with Gasteiger partial charge in [0.1, 0.15) is 6.10 Å². The lowest BCUT2D eigenvalue weighted by Crippen LogP contribution is -2.16. The number of rotatable bonds is 4. The highest BCUT2D eigenvalue weighted by molar-refractivity contribution is 5.11. The molecule has 1 atom stereocenters. The minimum atomic E-state index is -0.745. The fraction of sp³-hybridized carbons (Fsp3) is 0.600. The Morgan fingerprint density at radius 2 is 2.21 bits per heavy atom. The van der Waals surface area contributed by atoms with Crippen molar-refractivity contribution in [2.75, 3.05) is 6.54 Å². The molecule has 0 aliphatic rings. The van der Waals surface area contributed by atoms with Crippen molar-refractivity contribution in [1.82, 2.24) is 9.97 Å². The number of aliphatic hydroxyl groups excluding tert-OH is 1. The van der Waals surface area contributed by atoms with Crippen LogP contribution in [0.1, 0.15) is 36.7 Å². The average molecular weight is 195 g/mol. The molecule has 78 valence electrons. The average Bonchev–Trinajstić information content (AvgIpc) is 2.16. The molecule has 0 spiro atoms. The first-order valence-corrected chi connectivity index (χ1v) is 4.90. The van der Waals surface area contributed by atoms with Gasteiger partial charge < -0.3 is 10.8 Å². The Hall–Kier alpha value is -1.00. The predicted octanol–water partition coefficient (Wildman–Crippen LogP) is 0.730. The van der Waals surface area contributed by atoms with Crippen LogP contribution in [0.25, 0.3) is 0 Å². The van der Waals surface area contributed by atoms with E-state index in [2.05, 4.69) is 16.9 Å². The standard InChI is InChI=1S/C10H17N3O/c1-3-4-8-5-7(2)12-10(13-8)9(14)6-11/h5,9,14H,3-4,6,11H2,1-2H3. The first kappa shape index (κ1) is 11.1. The molecule has 0 saturated heterocycles. The summed E-state index contributed by atoms with van der Waals surface area (Å²) in [6.45, 7) is 4.15. The van der Waals surface area contributed by atoms with Crippen molar-refractivity contribution >= 4 is 0 Å². The van der Waals surface area contributed by atoms with Crippen molar-refractivity contribution in [3.8, 4) is 0 Å². The third-order valence-corrected chi connectivity index (χ3v) is 1.95. The Morgan fingerprint density at radius 1 is 1.50 bits per heavy atom. The van der Waals surface area contributed by atoms with Gasteiger partial charge in [-0.2, -0.15) is 0 Å². The van der Waals surface area contributed by atoms with Gasteiger partial charge in [-0.3, -0.25) is 0 Å². The largest absolute Gasteiger partial charge is 0.384 e. The molecule has 4 heteroatoms. The summed E-state index contributed by atoms with van der Waals surface area (Å²) in [5, 5.41) is 9.50. The highest BCUT2D eigenvalue weighted by Crippen LogP contribution is 2.09. The quantitative estimate of drug-likeness (QED) is 0.743. The molecule has 1 unspecified atom stereocenters. The third-order valence-electron chi connectivity index (χ3n) is 1.95. The van der Waals surface area contributed by atoms with Gasteiger partial charge in [0.15, 0.2) is 5.82 Å². The number of hydrogen-bond acceptors (Lipinski definition) is 4. The monoisotopic (exact) mass is 195 g/mol. The van der Waals surface area contributed by atoms with Crippen molar-refractivity contribution < 1.29 is 5.11 Å². The maximum atomic E-state index is 9.50. The van der Waals surface area contributed by atoms with Gasteiger partial charge in [0.05, 0.1) is 0 Å². The predicted molar refractivity (Wildman–Crippen MR) is 54.8 cm³/mol. The van der Waals surface area contributed by atoms with Crippen LogP contribution in [0.4, 0.5) is 0 Å². The van der Waals surface area contributed by atoms with Crippen LogP contribution in [-0.2, 0) is 6.42 Å². The summed E-state index contributed by atoms with van der Waals surface area (Å²) in [5.74, 6) is 0.441. The van der Waals surface area contributed by atoms with Gasteiger partial charge in [-0.1, -0.05) is 13.3 Å². The smallest absolute Gasteiger partial charge is 0.158 e. The summed E-state index contributed by atoms with van der Waals surface area (Å²) in [5.41, 5.74) is 7.20. The second kappa shape index (κ2) is 5.02. The van der Waals surface area contributed by atoms with E-state index in [1.807, 2.05) is 13.0 Å². The van der Waals surface area contributed by atoms with Gasteiger partial charge in [0, 0.05) is 17.9 Å². The summed E-state index contributed by atoms with van der Waals surface area (Å²) in [6.07, 6.45) is 1.20. The molecule has 0 bridgehead atoms. The number of aliphatic hydroxyl groups is 1. The maximum absolute atomic E-state index is 9.50. The van der Waals surface area contributed by atoms with Crippen LogP contribution in [0.2, 0.25) is 0 Å². The number of nitrogens with zero attached hydrogens (tertiary/aromatic N) is 2. The van der Waals surface area contributed by atoms with Gasteiger partial charge in [0.25, 0.3) is 0 Å². The fourth-order valence-corrected chi connectivity index (χ4v) is 1.30. The molecule has 4 nitrogen and oxygen atoms in total. The van der Waals surface area contributed by atoms with E-state index in [1.54, 1.807) is 0 Å². The summed E-state index contributed by atoms with van der Waals surface area (Å²) < 4.78 is 0. The van der Waals surface area contributed by atoms with Gasteiger partial charge in [0.2, 0.25) is 0 Å². The molecule has 0 fully saturated rings. The van der Waals surface area contributed by atoms with Crippen LogP contribution in [-0.4, -0.2) is 21.6 Å². The van der Waals surface area contributed by atoms with Gasteiger partial charge in [-0.05, 0) is 19.4 Å². The summed E-state index contributed by atoms with van der Waals surface area (Å²) >= 11 is 0. The minimum Gasteiger partial charge on any atom is -0.384 e. The summed E-state index contributed by atoms with van der Waals surface area (Å²) in [6, 6.07) is 1.94. The Balaban J connectivity index is 2.94. The zero-order valence-electron chi connectivity index (χ0n) is 8.70. The third kappa shape index (κ3) is 2.75. The molecule has 1 aromatic heterocycles. The van der Waals surface area contributed by atoms with Crippen molar-refractivity contribution in [3.63, 3.8) is 0 Å². The first-order chi connectivity index (χ1) is 6.67. The molecular weight excluding hydrogens is 178 g/mol. The highest BCUT2D eigenvalue weighted by Gasteiger charge is 2.09. The molecule has 0 saturated carbocycles. The summed E-state index contributed by atoms with van der Waals surface area (Å²) in [7, 11) is 0. The number of aromatic nitrogens is 2. The number of hydrogen-bond donors (Lipinski definition) is 2. The molecule has 0 aliphatic carbocycles. The SMILES string of the molecule is CCCc1cc(C)nc(C(O)CN)n1. The molecule has 3 N–H and O–H groups in total. The molecule has 1 aromatic rings. The van der Waals surface area contributed by atoms with E-state index >= 15 is 0 Å². The maximum Gasteiger partial charge on any atom is 0.158 e. The van der Waals surface area contributed by atoms with Crippen molar-refractivity contribution in [1.29, 1.82) is 0 Å². The van der Waals surface area contributed by atoms with E-state index in [0.29, 0.717) is 5.82 Å².